The molecule has 2 heteroatoms. The second-order valence-electron chi connectivity index (χ2n) is 8.93. The van der Waals surface area contributed by atoms with Gasteiger partial charge in [-0.15, -0.1) is 0 Å². The molecule has 32 heavy (non-hydrogen) atoms. The van der Waals surface area contributed by atoms with E-state index in [-0.39, 0.29) is 0 Å². The molecular formula is C30H30OZr. The Morgan fingerprint density at radius 3 is 0.656 bits per heavy atom. The zero-order valence-electron chi connectivity index (χ0n) is 19.8. The molecular weight excluding hydrogens is 468 g/mol. The van der Waals surface area contributed by atoms with Gasteiger partial charge in [0, 0.05) is 0 Å². The normalized spacial score (nSPS) is 10.4. The number of aryl methyl sites for hydroxylation is 6. The van der Waals surface area contributed by atoms with Gasteiger partial charge in [-0.1, -0.05) is 88.0 Å². The molecule has 0 spiro atoms. The van der Waals surface area contributed by atoms with E-state index in [1.807, 2.05) is 0 Å². The van der Waals surface area contributed by atoms with Gasteiger partial charge < -0.3 is 0 Å². The molecule has 0 unspecified atom stereocenters. The Bertz CT molecular complexity index is 1040. The molecule has 0 radical (unpaired) electrons. The number of hydrogen-bond acceptors (Lipinski definition) is 1. The van der Waals surface area contributed by atoms with Gasteiger partial charge in [0.2, 0.25) is 0 Å². The summed E-state index contributed by atoms with van der Waals surface area (Å²) in [4.78, 5) is 0. The number of rotatable bonds is 3. The molecule has 160 valence electrons. The van der Waals surface area contributed by atoms with Crippen molar-refractivity contribution >= 4 is 0 Å². The molecule has 0 aliphatic carbocycles. The Hall–Kier alpha value is -2.44. The van der Waals surface area contributed by atoms with E-state index in [9.17, 15) is 0 Å². The van der Waals surface area contributed by atoms with E-state index in [2.05, 4.69) is 114 Å². The van der Waals surface area contributed by atoms with E-state index < -0.39 is 0 Å². The molecule has 0 fully saturated rings. The molecule has 0 aromatic heterocycles. The van der Waals surface area contributed by atoms with Gasteiger partial charge >= 0.3 is 27.5 Å². The molecule has 0 saturated carbocycles. The molecule has 4 aromatic rings. The van der Waals surface area contributed by atoms with Gasteiger partial charge in [-0.2, -0.15) is 0 Å². The molecule has 1 nitrogen and oxygen atoms in total. The Kier molecular flexibility index (Phi) is 7.91. The van der Waals surface area contributed by atoms with Crippen molar-refractivity contribution in [2.75, 3.05) is 0 Å². The summed E-state index contributed by atoms with van der Waals surface area (Å²) in [5.41, 5.74) is 15.5. The summed E-state index contributed by atoms with van der Waals surface area (Å²) in [6, 6.07) is 27.5. The van der Waals surface area contributed by atoms with E-state index in [1.54, 1.807) is 0 Å². The van der Waals surface area contributed by atoms with Crippen molar-refractivity contribution < 1.29 is 27.5 Å². The molecule has 0 heterocycles. The van der Waals surface area contributed by atoms with Crippen LogP contribution in [0.25, 0.3) is 33.4 Å². The molecule has 0 saturated heterocycles. The number of benzene rings is 4. The summed E-state index contributed by atoms with van der Waals surface area (Å²) in [7, 11) is 0. The molecule has 0 aliphatic heterocycles. The minimum absolute atomic E-state index is 0.300. The SMILES string of the molecule is Cc1cc(C)cc(-c2cc(-c3cc(C)cc(C)c3)cc(-c3cc(C)cc(C)c3)c2)c1.[O]=[Zr]. The van der Waals surface area contributed by atoms with Crippen LogP contribution in [0.5, 0.6) is 0 Å². The third-order valence-corrected chi connectivity index (χ3v) is 5.60. The molecule has 0 amide bonds. The molecule has 0 aliphatic rings. The van der Waals surface area contributed by atoms with Gasteiger partial charge in [0.1, 0.15) is 0 Å². The maximum atomic E-state index is 8.34. The zero-order chi connectivity index (χ0) is 23.4. The summed E-state index contributed by atoms with van der Waals surface area (Å²) in [6.45, 7) is 13.1. The first-order valence-electron chi connectivity index (χ1n) is 10.9. The summed E-state index contributed by atoms with van der Waals surface area (Å²) >= 11 is 0.300. The summed E-state index contributed by atoms with van der Waals surface area (Å²) in [5.74, 6) is 0. The van der Waals surface area contributed by atoms with E-state index in [0.717, 1.165) is 0 Å². The topological polar surface area (TPSA) is 17.1 Å². The summed E-state index contributed by atoms with van der Waals surface area (Å²) < 4.78 is 8.34. The molecule has 0 N–H and O–H groups in total. The first kappa shape index (κ1) is 24.2. The van der Waals surface area contributed by atoms with Crippen molar-refractivity contribution in [3.8, 4) is 33.4 Å². The van der Waals surface area contributed by atoms with Crippen LogP contribution < -0.4 is 0 Å². The van der Waals surface area contributed by atoms with Crippen molar-refractivity contribution in [2.24, 2.45) is 0 Å². The average Bonchev–Trinajstić information content (AvgIpc) is 2.73. The number of hydrogen-bond donors (Lipinski definition) is 0. The van der Waals surface area contributed by atoms with Crippen molar-refractivity contribution in [1.82, 2.24) is 0 Å². The van der Waals surface area contributed by atoms with E-state index in [0.29, 0.717) is 24.7 Å². The summed E-state index contributed by atoms with van der Waals surface area (Å²) in [6.07, 6.45) is 0. The van der Waals surface area contributed by atoms with Gasteiger partial charge in [0.25, 0.3) is 0 Å². The predicted molar refractivity (Wildman–Crippen MR) is 132 cm³/mol. The second kappa shape index (κ2) is 10.5. The summed E-state index contributed by atoms with van der Waals surface area (Å²) in [5, 5.41) is 0. The third-order valence-electron chi connectivity index (χ3n) is 5.60. The predicted octanol–water partition coefficient (Wildman–Crippen LogP) is 8.42. The van der Waals surface area contributed by atoms with Crippen LogP contribution in [0.4, 0.5) is 0 Å². The first-order valence-corrected chi connectivity index (χ1v) is 11.9. The maximum absolute atomic E-state index is 8.34. The van der Waals surface area contributed by atoms with Gasteiger partial charge in [-0.3, -0.25) is 0 Å². The van der Waals surface area contributed by atoms with Crippen LogP contribution in [-0.4, -0.2) is 0 Å². The molecule has 4 rings (SSSR count). The van der Waals surface area contributed by atoms with Crippen LogP contribution in [0.1, 0.15) is 33.4 Å². The second-order valence-corrected chi connectivity index (χ2v) is 8.93. The van der Waals surface area contributed by atoms with Crippen LogP contribution in [-0.2, 0) is 27.5 Å². The molecule has 0 bridgehead atoms. The standard InChI is InChI=1S/C30H30.O.Zr/c1-19-7-20(2)11-25(10-19)28-16-29(26-12-21(3)8-22(4)13-26)18-30(17-28)27-14-23(5)9-24(6)15-27;;/h7-18H,1-6H3;;. The van der Waals surface area contributed by atoms with Crippen molar-refractivity contribution in [2.45, 2.75) is 41.5 Å². The minimum atomic E-state index is 0.300. The quantitative estimate of drug-likeness (QED) is 0.278. The third kappa shape index (κ3) is 5.87. The van der Waals surface area contributed by atoms with E-state index in [4.69, 9.17) is 2.81 Å². The van der Waals surface area contributed by atoms with Gasteiger partial charge in [0.15, 0.2) is 0 Å². The van der Waals surface area contributed by atoms with E-state index >= 15 is 0 Å². The Morgan fingerprint density at radius 2 is 0.469 bits per heavy atom. The van der Waals surface area contributed by atoms with Crippen molar-refractivity contribution in [3.63, 3.8) is 0 Å². The van der Waals surface area contributed by atoms with Gasteiger partial charge in [-0.05, 0) is 93.1 Å². The van der Waals surface area contributed by atoms with Gasteiger partial charge in [0.05, 0.1) is 0 Å². The monoisotopic (exact) mass is 496 g/mol. The fourth-order valence-electron chi connectivity index (χ4n) is 4.55. The fraction of sp³-hybridized carbons (Fsp3) is 0.200. The Morgan fingerprint density at radius 1 is 0.312 bits per heavy atom. The van der Waals surface area contributed by atoms with E-state index in [1.165, 1.54) is 66.8 Å². The van der Waals surface area contributed by atoms with Gasteiger partial charge in [-0.25, -0.2) is 0 Å². The first-order chi connectivity index (χ1) is 15.3. The zero-order valence-corrected chi connectivity index (χ0v) is 22.3. The fourth-order valence-corrected chi connectivity index (χ4v) is 4.55. The van der Waals surface area contributed by atoms with Crippen LogP contribution in [0.3, 0.4) is 0 Å². The Balaban J connectivity index is 0.00000141. The average molecular weight is 498 g/mol. The van der Waals surface area contributed by atoms with Crippen molar-refractivity contribution in [1.29, 1.82) is 0 Å². The molecule has 4 aromatic carbocycles. The van der Waals surface area contributed by atoms with Crippen molar-refractivity contribution in [3.05, 3.63) is 106 Å². The Labute approximate surface area is 207 Å². The van der Waals surface area contributed by atoms with Crippen LogP contribution in [0, 0.1) is 41.5 Å². The van der Waals surface area contributed by atoms with Crippen LogP contribution >= 0.6 is 0 Å². The van der Waals surface area contributed by atoms with Crippen LogP contribution in [0.15, 0.2) is 72.8 Å². The molecule has 0 atom stereocenters. The van der Waals surface area contributed by atoms with Crippen LogP contribution in [0.2, 0.25) is 0 Å².